The van der Waals surface area contributed by atoms with Gasteiger partial charge in [-0.05, 0) is 30.7 Å². The van der Waals surface area contributed by atoms with Gasteiger partial charge in [-0.2, -0.15) is 0 Å². The van der Waals surface area contributed by atoms with Gasteiger partial charge >= 0.3 is 13.8 Å². The van der Waals surface area contributed by atoms with Crippen molar-refractivity contribution in [3.05, 3.63) is 54.1 Å². The molecule has 34 heavy (non-hydrogen) atoms. The van der Waals surface area contributed by atoms with E-state index in [1.165, 1.54) is 82.7 Å². The fourth-order valence-electron chi connectivity index (χ4n) is 3.43. The number of para-hydroxylation sites is 1. The van der Waals surface area contributed by atoms with E-state index < -0.39 is 13.8 Å². The van der Waals surface area contributed by atoms with E-state index in [9.17, 15) is 14.3 Å². The summed E-state index contributed by atoms with van der Waals surface area (Å²) in [5, 5.41) is 0. The topological polar surface area (TPSA) is 91.3 Å². The van der Waals surface area contributed by atoms with Gasteiger partial charge in [0.2, 0.25) is 0 Å². The molecule has 1 radical (unpaired) electrons. The molecule has 0 saturated carbocycles. The summed E-state index contributed by atoms with van der Waals surface area (Å²) in [6.07, 6.45) is 12.3. The highest BCUT2D eigenvalue weighted by Crippen LogP contribution is 2.45. The quantitative estimate of drug-likeness (QED) is 0.143. The number of esters is 1. The largest absolute Gasteiger partial charge is 0.584 e. The van der Waals surface area contributed by atoms with Gasteiger partial charge in [0.15, 0.2) is 0 Å². The van der Waals surface area contributed by atoms with Crippen molar-refractivity contribution in [1.29, 1.82) is 0 Å². The molecule has 0 bridgehead atoms. The van der Waals surface area contributed by atoms with Crippen LogP contribution >= 0.6 is 7.82 Å². The average molecular weight is 492 g/mol. The summed E-state index contributed by atoms with van der Waals surface area (Å²) < 4.78 is 33.1. The van der Waals surface area contributed by atoms with Crippen LogP contribution in [0.15, 0.2) is 42.5 Å². The molecule has 1 atom stereocenters. The highest BCUT2D eigenvalue weighted by Gasteiger charge is 2.28. The summed E-state index contributed by atoms with van der Waals surface area (Å²) in [5.41, 5.74) is -0.0296. The van der Waals surface area contributed by atoms with Crippen LogP contribution in [0.5, 0.6) is 17.2 Å². The molecule has 1 unspecified atom stereocenters. The van der Waals surface area contributed by atoms with E-state index in [0.717, 1.165) is 12.8 Å². The second-order valence-corrected chi connectivity index (χ2v) is 9.36. The smallest absolute Gasteiger partial charge is 0.494 e. The normalized spacial score (nSPS) is 12.6. The van der Waals surface area contributed by atoms with E-state index in [0.29, 0.717) is 12.4 Å². The van der Waals surface area contributed by atoms with E-state index in [4.69, 9.17) is 18.5 Å². The molecule has 2 aromatic carbocycles. The van der Waals surface area contributed by atoms with Gasteiger partial charge in [-0.3, -0.25) is 4.89 Å². The molecule has 0 saturated heterocycles. The number of rotatable bonds is 17. The molecule has 0 aromatic heterocycles. The summed E-state index contributed by atoms with van der Waals surface area (Å²) in [6.45, 7) is 2.75. The number of ether oxygens (including phenoxy) is 2. The Morgan fingerprint density at radius 1 is 0.941 bits per heavy atom. The Bertz CT molecular complexity index is 901. The van der Waals surface area contributed by atoms with Crippen molar-refractivity contribution in [2.45, 2.75) is 71.1 Å². The maximum atomic E-state index is 12.4. The van der Waals surface area contributed by atoms with Gasteiger partial charge in [-0.1, -0.05) is 82.9 Å². The maximum absolute atomic E-state index is 12.4. The highest BCUT2D eigenvalue weighted by atomic mass is 31.2. The minimum Gasteiger partial charge on any atom is -0.494 e. The molecular weight excluding hydrogens is 455 g/mol. The lowest BCUT2D eigenvalue weighted by atomic mass is 10.1. The van der Waals surface area contributed by atoms with Gasteiger partial charge in [0.05, 0.1) is 13.7 Å². The summed E-state index contributed by atoms with van der Waals surface area (Å²) >= 11 is 0. The fraction of sp³-hybridized carbons (Fsp3) is 0.500. The van der Waals surface area contributed by atoms with Gasteiger partial charge < -0.3 is 18.5 Å². The standard InChI is InChI=1S/C26H36O7P/c1-3-4-5-6-7-8-9-10-11-15-20-31-23-18-19-25(24(21-23)26(27)30-2)33-34(28,29)32-22-16-13-12-14-17-22/h12-14,16,18-19,21H,3-11,15,20H2,1-2H3,(H,28,29). The van der Waals surface area contributed by atoms with Gasteiger partial charge in [-0.25, -0.2) is 9.36 Å². The van der Waals surface area contributed by atoms with E-state index >= 15 is 0 Å². The number of carbonyl (C=O) groups excluding carboxylic acids is 1. The summed E-state index contributed by atoms with van der Waals surface area (Å²) in [5.74, 6) is -0.358. The molecule has 0 fully saturated rings. The van der Waals surface area contributed by atoms with E-state index in [1.54, 1.807) is 18.2 Å². The number of methoxy groups -OCH3 is 1. The first-order valence-corrected chi connectivity index (χ1v) is 13.5. The third-order valence-corrected chi connectivity index (χ3v) is 6.09. The molecule has 7 nitrogen and oxygen atoms in total. The Morgan fingerprint density at radius 2 is 1.62 bits per heavy atom. The SMILES string of the molecule is CCCCCCCCCCCCOc1ccc(OP(=O)(O)Oc2[c]cccc2)c(C(=O)OC)c1. The molecule has 0 aliphatic heterocycles. The summed E-state index contributed by atoms with van der Waals surface area (Å²) in [4.78, 5) is 22.3. The Kier molecular flexibility index (Phi) is 12.6. The van der Waals surface area contributed by atoms with Crippen molar-refractivity contribution in [2.75, 3.05) is 13.7 Å². The number of carbonyl (C=O) groups is 1. The number of phosphoric acid groups is 1. The van der Waals surface area contributed by atoms with E-state index in [-0.39, 0.29) is 17.1 Å². The summed E-state index contributed by atoms with van der Waals surface area (Å²) in [7, 11) is -3.34. The number of hydrogen-bond donors (Lipinski definition) is 1. The predicted molar refractivity (Wildman–Crippen MR) is 131 cm³/mol. The molecule has 1 N–H and O–H groups in total. The van der Waals surface area contributed by atoms with Crippen molar-refractivity contribution >= 4 is 13.8 Å². The predicted octanol–water partition coefficient (Wildman–Crippen LogP) is 7.13. The fourth-order valence-corrected chi connectivity index (χ4v) is 4.24. The number of hydrogen-bond acceptors (Lipinski definition) is 6. The van der Waals surface area contributed by atoms with Crippen molar-refractivity contribution in [3.63, 3.8) is 0 Å². The third kappa shape index (κ3) is 10.6. The second-order valence-electron chi connectivity index (χ2n) is 8.06. The van der Waals surface area contributed by atoms with Gasteiger partial charge in [0, 0.05) is 6.07 Å². The number of phosphoric ester groups is 1. The zero-order chi connectivity index (χ0) is 24.7. The van der Waals surface area contributed by atoms with Crippen molar-refractivity contribution in [2.24, 2.45) is 0 Å². The lowest BCUT2D eigenvalue weighted by molar-refractivity contribution is 0.0598. The monoisotopic (exact) mass is 491 g/mol. The number of benzene rings is 2. The molecule has 0 spiro atoms. The first kappa shape index (κ1) is 27.7. The molecule has 0 amide bonds. The van der Waals surface area contributed by atoms with Crippen molar-refractivity contribution < 1.29 is 32.8 Å². The maximum Gasteiger partial charge on any atom is 0.584 e. The first-order valence-electron chi connectivity index (χ1n) is 12.0. The highest BCUT2D eigenvalue weighted by molar-refractivity contribution is 7.48. The minimum absolute atomic E-state index is 0.0296. The van der Waals surface area contributed by atoms with Gasteiger partial charge in [-0.15, -0.1) is 0 Å². The van der Waals surface area contributed by atoms with Crippen LogP contribution in [0.2, 0.25) is 0 Å². The molecule has 2 rings (SSSR count). The Morgan fingerprint density at radius 3 is 2.24 bits per heavy atom. The molecule has 8 heteroatoms. The molecule has 0 aliphatic rings. The summed E-state index contributed by atoms with van der Waals surface area (Å²) in [6, 6.07) is 13.4. The van der Waals surface area contributed by atoms with E-state index in [2.05, 4.69) is 13.0 Å². The molecule has 187 valence electrons. The molecule has 0 aliphatic carbocycles. The zero-order valence-corrected chi connectivity index (χ0v) is 21.1. The lowest BCUT2D eigenvalue weighted by Gasteiger charge is -2.16. The Hall–Kier alpha value is -2.50. The van der Waals surface area contributed by atoms with Crippen molar-refractivity contribution in [1.82, 2.24) is 0 Å². The van der Waals surface area contributed by atoms with Crippen LogP contribution < -0.4 is 13.8 Å². The van der Waals surface area contributed by atoms with Crippen molar-refractivity contribution in [3.8, 4) is 17.2 Å². The van der Waals surface area contributed by atoms with Crippen LogP contribution in [0.4, 0.5) is 0 Å². The van der Waals surface area contributed by atoms with Gasteiger partial charge in [0.25, 0.3) is 0 Å². The van der Waals surface area contributed by atoms with Crippen LogP contribution in [-0.4, -0.2) is 24.6 Å². The van der Waals surface area contributed by atoms with E-state index in [1.807, 2.05) is 0 Å². The average Bonchev–Trinajstić information content (AvgIpc) is 2.83. The number of unbranched alkanes of at least 4 members (excludes halogenated alkanes) is 9. The Balaban J connectivity index is 1.82. The minimum atomic E-state index is -4.56. The van der Waals surface area contributed by atoms with Crippen LogP contribution in [0.1, 0.15) is 81.5 Å². The Labute approximate surface area is 203 Å². The van der Waals surface area contributed by atoms with Crippen LogP contribution in [0.25, 0.3) is 0 Å². The zero-order valence-electron chi connectivity index (χ0n) is 20.2. The van der Waals surface area contributed by atoms with Gasteiger partial charge in [0.1, 0.15) is 22.8 Å². The first-order chi connectivity index (χ1) is 16.4. The second kappa shape index (κ2) is 15.4. The third-order valence-electron chi connectivity index (χ3n) is 5.23. The molecular formula is C26H36O7P. The van der Waals surface area contributed by atoms with Crippen LogP contribution in [-0.2, 0) is 9.30 Å². The molecule has 2 aromatic rings. The van der Waals surface area contributed by atoms with Crippen LogP contribution in [0, 0.1) is 6.07 Å². The van der Waals surface area contributed by atoms with Crippen LogP contribution in [0.3, 0.4) is 0 Å². The lowest BCUT2D eigenvalue weighted by Crippen LogP contribution is -2.08. The molecule has 0 heterocycles.